The monoisotopic (exact) mass is 342 g/mol. The van der Waals surface area contributed by atoms with E-state index in [1.165, 1.54) is 0 Å². The summed E-state index contributed by atoms with van der Waals surface area (Å²) in [4.78, 5) is 28.3. The smallest absolute Gasteiger partial charge is 0.228 e. The van der Waals surface area contributed by atoms with E-state index in [1.54, 1.807) is 41.1 Å². The fourth-order valence-corrected chi connectivity index (χ4v) is 3.12. The molecule has 4 nitrogen and oxygen atoms in total. The van der Waals surface area contributed by atoms with Gasteiger partial charge in [-0.3, -0.25) is 9.59 Å². The van der Waals surface area contributed by atoms with Crippen molar-refractivity contribution >= 4 is 29.1 Å². The van der Waals surface area contributed by atoms with Crippen molar-refractivity contribution < 1.29 is 9.59 Å². The summed E-state index contributed by atoms with van der Waals surface area (Å²) in [5.41, 5.74) is 1.86. The Bertz CT molecular complexity index is 731. The van der Waals surface area contributed by atoms with Crippen LogP contribution >= 0.6 is 11.6 Å². The lowest BCUT2D eigenvalue weighted by atomic mass is 10.1. The van der Waals surface area contributed by atoms with Gasteiger partial charge in [-0.05, 0) is 29.8 Å². The zero-order valence-corrected chi connectivity index (χ0v) is 14.2. The molecular formula is C19H19ClN2O2. The number of rotatable bonds is 4. The van der Waals surface area contributed by atoms with Crippen LogP contribution in [0.15, 0.2) is 54.6 Å². The van der Waals surface area contributed by atoms with Gasteiger partial charge in [0, 0.05) is 37.3 Å². The van der Waals surface area contributed by atoms with Gasteiger partial charge in [-0.25, -0.2) is 0 Å². The maximum absolute atomic E-state index is 12.7. The molecule has 3 rings (SSSR count). The highest BCUT2D eigenvalue weighted by atomic mass is 35.5. The first-order chi connectivity index (χ1) is 11.5. The number of benzene rings is 2. The summed E-state index contributed by atoms with van der Waals surface area (Å²) in [6.07, 6.45) is 0.251. The van der Waals surface area contributed by atoms with Crippen LogP contribution < -0.4 is 4.90 Å². The van der Waals surface area contributed by atoms with Gasteiger partial charge in [-0.2, -0.15) is 0 Å². The largest absolute Gasteiger partial charge is 0.341 e. The van der Waals surface area contributed by atoms with E-state index >= 15 is 0 Å². The Kier molecular flexibility index (Phi) is 4.86. The minimum absolute atomic E-state index is 0.00339. The van der Waals surface area contributed by atoms with E-state index in [0.717, 1.165) is 11.3 Å². The third-order valence-corrected chi connectivity index (χ3v) is 4.50. The Morgan fingerprint density at radius 2 is 1.83 bits per heavy atom. The van der Waals surface area contributed by atoms with Crippen molar-refractivity contribution in [3.05, 3.63) is 65.2 Å². The van der Waals surface area contributed by atoms with Crippen LogP contribution in [-0.4, -0.2) is 30.3 Å². The molecule has 0 spiro atoms. The summed E-state index contributed by atoms with van der Waals surface area (Å²) < 4.78 is 0. The van der Waals surface area contributed by atoms with E-state index in [2.05, 4.69) is 0 Å². The Hall–Kier alpha value is -2.33. The maximum atomic E-state index is 12.7. The van der Waals surface area contributed by atoms with Crippen LogP contribution in [0.4, 0.5) is 5.69 Å². The topological polar surface area (TPSA) is 40.6 Å². The lowest BCUT2D eigenvalue weighted by molar-refractivity contribution is -0.135. The molecule has 1 atom stereocenters. The number of carbonyl (C=O) groups excluding carboxylic acids is 2. The third kappa shape index (κ3) is 3.60. The van der Waals surface area contributed by atoms with E-state index < -0.39 is 0 Å². The van der Waals surface area contributed by atoms with Gasteiger partial charge in [0.15, 0.2) is 0 Å². The van der Waals surface area contributed by atoms with Gasteiger partial charge in [0.05, 0.1) is 5.92 Å². The number of anilines is 1. The molecule has 5 heteroatoms. The Balaban J connectivity index is 1.66. The first kappa shape index (κ1) is 16.5. The Morgan fingerprint density at radius 1 is 1.17 bits per heavy atom. The van der Waals surface area contributed by atoms with E-state index in [1.807, 2.05) is 30.3 Å². The molecular weight excluding hydrogens is 324 g/mol. The van der Waals surface area contributed by atoms with Crippen molar-refractivity contribution in [2.45, 2.75) is 13.0 Å². The van der Waals surface area contributed by atoms with Crippen LogP contribution in [0.5, 0.6) is 0 Å². The molecule has 0 saturated carbocycles. The van der Waals surface area contributed by atoms with Crippen LogP contribution in [0.1, 0.15) is 12.0 Å². The molecule has 1 aliphatic rings. The van der Waals surface area contributed by atoms with Crippen LogP contribution in [0.25, 0.3) is 0 Å². The first-order valence-corrected chi connectivity index (χ1v) is 8.27. The summed E-state index contributed by atoms with van der Waals surface area (Å²) in [5, 5.41) is 0.626. The third-order valence-electron chi connectivity index (χ3n) is 4.25. The molecule has 1 aliphatic heterocycles. The van der Waals surface area contributed by atoms with E-state index in [4.69, 9.17) is 11.6 Å². The van der Waals surface area contributed by atoms with Gasteiger partial charge in [-0.15, -0.1) is 0 Å². The molecule has 24 heavy (non-hydrogen) atoms. The summed E-state index contributed by atoms with van der Waals surface area (Å²) >= 11 is 5.89. The molecule has 2 amide bonds. The summed E-state index contributed by atoms with van der Waals surface area (Å²) in [6, 6.07) is 16.9. The van der Waals surface area contributed by atoms with Crippen molar-refractivity contribution in [1.29, 1.82) is 0 Å². The number of amides is 2. The molecule has 1 heterocycles. The first-order valence-electron chi connectivity index (χ1n) is 7.89. The van der Waals surface area contributed by atoms with Gasteiger partial charge >= 0.3 is 0 Å². The summed E-state index contributed by atoms with van der Waals surface area (Å²) in [7, 11) is 1.78. The predicted octanol–water partition coefficient (Wildman–Crippen LogP) is 3.35. The summed E-state index contributed by atoms with van der Waals surface area (Å²) in [6.45, 7) is 0.962. The summed E-state index contributed by atoms with van der Waals surface area (Å²) in [5.74, 6) is -0.325. The van der Waals surface area contributed by atoms with Gasteiger partial charge in [0.25, 0.3) is 0 Å². The second-order valence-corrected chi connectivity index (χ2v) is 6.50. The molecule has 0 radical (unpaired) electrons. The minimum atomic E-state index is -0.304. The maximum Gasteiger partial charge on any atom is 0.228 e. The van der Waals surface area contributed by atoms with Crippen LogP contribution in [0.3, 0.4) is 0 Å². The molecule has 0 N–H and O–H groups in total. The molecule has 1 saturated heterocycles. The SMILES string of the molecule is CN(Cc1ccccc1)C(=O)[C@@H]1CC(=O)N(c2ccc(Cl)cc2)C1. The van der Waals surface area contributed by atoms with E-state index in [-0.39, 0.29) is 24.2 Å². The Morgan fingerprint density at radius 3 is 2.50 bits per heavy atom. The average molecular weight is 343 g/mol. The molecule has 1 fully saturated rings. The predicted molar refractivity (Wildman–Crippen MR) is 94.8 cm³/mol. The zero-order chi connectivity index (χ0) is 17.1. The van der Waals surface area contributed by atoms with Crippen molar-refractivity contribution in [3.63, 3.8) is 0 Å². The Labute approximate surface area is 146 Å². The molecule has 124 valence electrons. The fraction of sp³-hybridized carbons (Fsp3) is 0.263. The fourth-order valence-electron chi connectivity index (χ4n) is 2.99. The highest BCUT2D eigenvalue weighted by Gasteiger charge is 2.36. The standard InChI is InChI=1S/C19H19ClN2O2/c1-21(12-14-5-3-2-4-6-14)19(24)15-11-18(23)22(13-15)17-9-7-16(20)8-10-17/h2-10,15H,11-13H2,1H3/t15-/m1/s1. The lowest BCUT2D eigenvalue weighted by Crippen LogP contribution is -2.34. The number of halogens is 1. The van der Waals surface area contributed by atoms with Gasteiger partial charge < -0.3 is 9.80 Å². The number of hydrogen-bond donors (Lipinski definition) is 0. The van der Waals surface area contributed by atoms with Crippen LogP contribution in [0, 0.1) is 5.92 Å². The molecule has 0 bridgehead atoms. The highest BCUT2D eigenvalue weighted by Crippen LogP contribution is 2.27. The van der Waals surface area contributed by atoms with Gasteiger partial charge in [0.2, 0.25) is 11.8 Å². The second kappa shape index (κ2) is 7.05. The molecule has 0 aromatic heterocycles. The van der Waals surface area contributed by atoms with Crippen molar-refractivity contribution in [2.75, 3.05) is 18.5 Å². The van der Waals surface area contributed by atoms with Gasteiger partial charge in [0.1, 0.15) is 0 Å². The normalized spacial score (nSPS) is 17.2. The number of nitrogens with zero attached hydrogens (tertiary/aromatic N) is 2. The molecule has 0 unspecified atom stereocenters. The van der Waals surface area contributed by atoms with Crippen LogP contribution in [-0.2, 0) is 16.1 Å². The van der Waals surface area contributed by atoms with Gasteiger partial charge in [-0.1, -0.05) is 41.9 Å². The second-order valence-electron chi connectivity index (χ2n) is 6.06. The van der Waals surface area contributed by atoms with Crippen molar-refractivity contribution in [1.82, 2.24) is 4.90 Å². The van der Waals surface area contributed by atoms with E-state index in [9.17, 15) is 9.59 Å². The zero-order valence-electron chi connectivity index (χ0n) is 13.5. The average Bonchev–Trinajstić information content (AvgIpc) is 2.97. The van der Waals surface area contributed by atoms with Crippen LogP contribution in [0.2, 0.25) is 5.02 Å². The van der Waals surface area contributed by atoms with Crippen molar-refractivity contribution in [2.24, 2.45) is 5.92 Å². The van der Waals surface area contributed by atoms with Crippen molar-refractivity contribution in [3.8, 4) is 0 Å². The number of hydrogen-bond acceptors (Lipinski definition) is 2. The highest BCUT2D eigenvalue weighted by molar-refractivity contribution is 6.30. The minimum Gasteiger partial charge on any atom is -0.341 e. The number of carbonyl (C=O) groups is 2. The lowest BCUT2D eigenvalue weighted by Gasteiger charge is -2.21. The molecule has 2 aromatic rings. The molecule has 0 aliphatic carbocycles. The van der Waals surface area contributed by atoms with E-state index in [0.29, 0.717) is 18.1 Å². The quantitative estimate of drug-likeness (QED) is 0.855. The molecule has 2 aromatic carbocycles.